The number of rotatable bonds is 2. The van der Waals surface area contributed by atoms with Crippen LogP contribution in [0.3, 0.4) is 0 Å². The Morgan fingerprint density at radius 3 is 2.64 bits per heavy atom. The molecule has 0 bridgehead atoms. The predicted octanol–water partition coefficient (Wildman–Crippen LogP) is 3.13. The van der Waals surface area contributed by atoms with E-state index in [4.69, 9.17) is 23.2 Å². The Bertz CT molecular complexity index is 453. The Morgan fingerprint density at radius 2 is 2.14 bits per heavy atom. The predicted molar refractivity (Wildman–Crippen MR) is 57.7 cm³/mol. The molecule has 0 aliphatic rings. The molecule has 0 fully saturated rings. The Kier molecular flexibility index (Phi) is 3.92. The summed E-state index contributed by atoms with van der Waals surface area (Å²) in [5.41, 5.74) is 0.449. The van der Waals surface area contributed by atoms with Crippen LogP contribution < -0.4 is 0 Å². The quantitative estimate of drug-likeness (QED) is 0.598. The number of nitrogens with zero attached hydrogens (tertiary/aromatic N) is 1. The molecule has 0 amide bonds. The van der Waals surface area contributed by atoms with Gasteiger partial charge in [0.2, 0.25) is 0 Å². The third-order valence-electron chi connectivity index (χ3n) is 1.40. The minimum absolute atomic E-state index is 0.161. The van der Waals surface area contributed by atoms with Crippen LogP contribution in [-0.4, -0.2) is 11.5 Å². The SMILES string of the molecule is C[S-](=O)=Nc1ccc(Cl)cc1C(=O)Cl. The first kappa shape index (κ1) is 11.5. The zero-order valence-electron chi connectivity index (χ0n) is 7.16. The molecule has 0 heterocycles. The second-order valence-corrected chi connectivity index (χ2v) is 4.26. The minimum Gasteiger partial charge on any atom is -0.444 e. The van der Waals surface area contributed by atoms with Gasteiger partial charge in [-0.1, -0.05) is 11.6 Å². The highest BCUT2D eigenvalue weighted by Crippen LogP contribution is 2.24. The standard InChI is InChI=1S/C8H6Cl2NO2S/c1-14(13)11-7-3-2-5(9)4-6(7)8(10)12/h2-4H,1H3/q-1. The molecule has 0 spiro atoms. The lowest BCUT2D eigenvalue weighted by molar-refractivity contribution is 0.108. The van der Waals surface area contributed by atoms with Crippen LogP contribution in [0.4, 0.5) is 5.69 Å². The molecule has 0 radical (unpaired) electrons. The molecule has 0 saturated heterocycles. The van der Waals surface area contributed by atoms with Gasteiger partial charge in [0.1, 0.15) is 0 Å². The van der Waals surface area contributed by atoms with E-state index in [0.717, 1.165) is 0 Å². The summed E-state index contributed by atoms with van der Waals surface area (Å²) < 4.78 is 14.6. The van der Waals surface area contributed by atoms with Crippen LogP contribution in [0, 0.1) is 0 Å². The molecule has 0 aliphatic carbocycles. The van der Waals surface area contributed by atoms with Crippen molar-refractivity contribution >= 4 is 44.7 Å². The maximum atomic E-state index is 10.9. The summed E-state index contributed by atoms with van der Waals surface area (Å²) in [5, 5.41) is -0.286. The van der Waals surface area contributed by atoms with Crippen LogP contribution in [0.15, 0.2) is 22.6 Å². The summed E-state index contributed by atoms with van der Waals surface area (Å²) in [6, 6.07) is 4.44. The van der Waals surface area contributed by atoms with Crippen LogP contribution in [0.25, 0.3) is 0 Å². The maximum Gasteiger partial charge on any atom is 0.254 e. The average Bonchev–Trinajstić information content (AvgIpc) is 2.07. The van der Waals surface area contributed by atoms with E-state index in [1.165, 1.54) is 18.4 Å². The Hall–Kier alpha value is -0.580. The van der Waals surface area contributed by atoms with Crippen molar-refractivity contribution in [2.45, 2.75) is 0 Å². The number of halogens is 2. The molecule has 1 aromatic rings. The van der Waals surface area contributed by atoms with E-state index < -0.39 is 15.8 Å². The fourth-order valence-electron chi connectivity index (χ4n) is 0.884. The van der Waals surface area contributed by atoms with E-state index >= 15 is 0 Å². The molecule has 0 saturated carbocycles. The van der Waals surface area contributed by atoms with Gasteiger partial charge in [0, 0.05) is 10.7 Å². The van der Waals surface area contributed by atoms with Crippen molar-refractivity contribution in [1.82, 2.24) is 0 Å². The molecule has 76 valence electrons. The summed E-state index contributed by atoms with van der Waals surface area (Å²) >= 11 is 11.0. The first-order valence-corrected chi connectivity index (χ1v) is 5.82. The van der Waals surface area contributed by atoms with E-state index in [1.54, 1.807) is 6.07 Å². The molecule has 3 nitrogen and oxygen atoms in total. The van der Waals surface area contributed by atoms with Gasteiger partial charge in [-0.05, 0) is 29.8 Å². The molecule has 0 aliphatic heterocycles. The summed E-state index contributed by atoms with van der Waals surface area (Å²) in [6.07, 6.45) is 1.40. The van der Waals surface area contributed by atoms with Gasteiger partial charge in [-0.15, -0.1) is 6.26 Å². The normalized spacial score (nSPS) is 12.8. The first-order chi connectivity index (χ1) is 6.50. The monoisotopic (exact) mass is 250 g/mol. The van der Waals surface area contributed by atoms with E-state index in [-0.39, 0.29) is 11.3 Å². The Labute approximate surface area is 93.2 Å². The lowest BCUT2D eigenvalue weighted by atomic mass is 10.2. The lowest BCUT2D eigenvalue weighted by Crippen LogP contribution is -1.89. The topological polar surface area (TPSA) is 46.5 Å². The molecule has 6 heteroatoms. The van der Waals surface area contributed by atoms with E-state index in [0.29, 0.717) is 5.02 Å². The molecule has 0 atom stereocenters. The second-order valence-electron chi connectivity index (χ2n) is 2.45. The summed E-state index contributed by atoms with van der Waals surface area (Å²) in [6.45, 7) is 0. The van der Waals surface area contributed by atoms with Gasteiger partial charge >= 0.3 is 0 Å². The zero-order chi connectivity index (χ0) is 10.7. The van der Waals surface area contributed by atoms with Gasteiger partial charge in [-0.3, -0.25) is 4.79 Å². The summed E-state index contributed by atoms with van der Waals surface area (Å²) in [5.74, 6) is 0. The van der Waals surface area contributed by atoms with Crippen molar-refractivity contribution in [3.8, 4) is 0 Å². The molecule has 0 N–H and O–H groups in total. The smallest absolute Gasteiger partial charge is 0.254 e. The lowest BCUT2D eigenvalue weighted by Gasteiger charge is -2.03. The number of carbonyl (C=O) groups is 1. The van der Waals surface area contributed by atoms with Gasteiger partial charge in [0.25, 0.3) is 5.24 Å². The van der Waals surface area contributed by atoms with Crippen molar-refractivity contribution in [2.24, 2.45) is 4.36 Å². The van der Waals surface area contributed by atoms with Gasteiger partial charge in [0.05, 0.1) is 5.56 Å². The fraction of sp³-hybridized carbons (Fsp3) is 0.125. The number of benzene rings is 1. The number of carbonyl (C=O) groups excluding carboxylic acids is 1. The Balaban J connectivity index is 3.36. The molecule has 0 unspecified atom stereocenters. The van der Waals surface area contributed by atoms with Crippen LogP contribution in [0.5, 0.6) is 0 Å². The molecular weight excluding hydrogens is 245 g/mol. The van der Waals surface area contributed by atoms with Crippen LogP contribution >= 0.6 is 23.2 Å². The highest BCUT2D eigenvalue weighted by molar-refractivity contribution is 7.74. The van der Waals surface area contributed by atoms with Crippen molar-refractivity contribution in [1.29, 1.82) is 0 Å². The third-order valence-corrected chi connectivity index (χ3v) is 2.29. The Morgan fingerprint density at radius 1 is 1.50 bits per heavy atom. The molecule has 1 aromatic carbocycles. The summed E-state index contributed by atoms with van der Waals surface area (Å²) in [4.78, 5) is 10.9. The highest BCUT2D eigenvalue weighted by atomic mass is 35.5. The van der Waals surface area contributed by atoms with Crippen LogP contribution in [-0.2, 0) is 14.8 Å². The molecule has 14 heavy (non-hydrogen) atoms. The minimum atomic E-state index is -1.38. The summed E-state index contributed by atoms with van der Waals surface area (Å²) in [7, 11) is -1.38. The maximum absolute atomic E-state index is 10.9. The molecule has 0 aromatic heterocycles. The molecule has 1 rings (SSSR count). The highest BCUT2D eigenvalue weighted by Gasteiger charge is 2.07. The number of hydrogen-bond acceptors (Lipinski definition) is 4. The average molecular weight is 251 g/mol. The van der Waals surface area contributed by atoms with Gasteiger partial charge < -0.3 is 8.57 Å². The van der Waals surface area contributed by atoms with E-state index in [1.807, 2.05) is 0 Å². The van der Waals surface area contributed by atoms with Gasteiger partial charge in [-0.25, -0.2) is 0 Å². The largest absolute Gasteiger partial charge is 0.444 e. The van der Waals surface area contributed by atoms with E-state index in [2.05, 4.69) is 4.36 Å². The van der Waals surface area contributed by atoms with E-state index in [9.17, 15) is 9.00 Å². The first-order valence-electron chi connectivity index (χ1n) is 3.55. The van der Waals surface area contributed by atoms with Crippen molar-refractivity contribution in [2.75, 3.05) is 6.26 Å². The fourth-order valence-corrected chi connectivity index (χ4v) is 1.64. The number of hydrogen-bond donors (Lipinski definition) is 0. The zero-order valence-corrected chi connectivity index (χ0v) is 9.49. The molecular formula is C8H6Cl2NO2S-. The van der Waals surface area contributed by atoms with Crippen LogP contribution in [0.1, 0.15) is 10.4 Å². The van der Waals surface area contributed by atoms with Crippen molar-refractivity contribution in [3.63, 3.8) is 0 Å². The van der Waals surface area contributed by atoms with Crippen LogP contribution in [0.2, 0.25) is 5.02 Å². The second kappa shape index (κ2) is 4.77. The van der Waals surface area contributed by atoms with Crippen molar-refractivity contribution in [3.05, 3.63) is 28.8 Å². The third kappa shape index (κ3) is 2.97. The van der Waals surface area contributed by atoms with Crippen molar-refractivity contribution < 1.29 is 9.00 Å². The van der Waals surface area contributed by atoms with Gasteiger partial charge in [-0.2, -0.15) is 10.6 Å². The van der Waals surface area contributed by atoms with Gasteiger partial charge in [0.15, 0.2) is 0 Å².